The summed E-state index contributed by atoms with van der Waals surface area (Å²) >= 11 is 0. The van der Waals surface area contributed by atoms with Gasteiger partial charge in [0.05, 0.1) is 30.9 Å². The molecule has 2 aliphatic carbocycles. The second-order valence-electron chi connectivity index (χ2n) is 18.3. The first-order valence-electron chi connectivity index (χ1n) is 21.4. The smallest absolute Gasteiger partial charge is 0.255 e. The molecule has 3 aromatic carbocycles. The molecule has 4 aliphatic rings. The third-order valence-corrected chi connectivity index (χ3v) is 12.9. The van der Waals surface area contributed by atoms with E-state index in [0.717, 1.165) is 31.6 Å². The van der Waals surface area contributed by atoms with E-state index < -0.39 is 29.6 Å². The van der Waals surface area contributed by atoms with Crippen LogP contribution in [0.5, 0.6) is 17.2 Å². The van der Waals surface area contributed by atoms with Crippen LogP contribution in [0.25, 0.3) is 0 Å². The quantitative estimate of drug-likeness (QED) is 0.178. The van der Waals surface area contributed by atoms with Gasteiger partial charge in [0.25, 0.3) is 11.8 Å². The lowest BCUT2D eigenvalue weighted by Gasteiger charge is -2.63. The largest absolute Gasteiger partial charge is 0.495 e. The summed E-state index contributed by atoms with van der Waals surface area (Å²) in [6.45, 7) is 15.4. The van der Waals surface area contributed by atoms with Crippen molar-refractivity contribution in [3.63, 3.8) is 0 Å². The molecule has 2 atom stereocenters. The van der Waals surface area contributed by atoms with Gasteiger partial charge in [-0.3, -0.25) is 29.4 Å². The van der Waals surface area contributed by atoms with Crippen LogP contribution in [0.15, 0.2) is 60.7 Å². The highest BCUT2D eigenvalue weighted by Crippen LogP contribution is 2.55. The summed E-state index contributed by atoms with van der Waals surface area (Å²) in [4.78, 5) is 54.8. The number of rotatable bonds is 14. The molecule has 2 saturated heterocycles. The lowest BCUT2D eigenvalue weighted by Crippen LogP contribution is -2.74. The molecule has 62 heavy (non-hydrogen) atoms. The number of halogens is 1. The predicted molar refractivity (Wildman–Crippen MR) is 229 cm³/mol. The standard InChI is InChI=1S/C47H57FN6O8/c1-27(2)54(31-20-34(21-31)61-32-14-15-37(48)36(22-32)42(57)50-38-16-17-40(55)51-43(38)58)26-35-25-53(18-19-60-35)30-11-8-28(9-12-30)41(56)52-44-46(3,4)45(47(44,5)6)62-33-13-10-29(24-49)39(23-33)59-7/h8-15,22-23,27,31,34-35,38,44-45H,16-21,25-26H2,1-7H3,(H,50,57)(H,52,56)(H,51,55,58)/t31-,34+,35?,38-,44-,45-/m0/s1. The van der Waals surface area contributed by atoms with Crippen molar-refractivity contribution in [2.45, 2.75) is 110 Å². The number of hydrogen-bond acceptors (Lipinski definition) is 11. The zero-order chi connectivity index (χ0) is 44.5. The van der Waals surface area contributed by atoms with Crippen molar-refractivity contribution in [1.29, 1.82) is 5.26 Å². The molecule has 2 heterocycles. The second kappa shape index (κ2) is 17.9. The van der Waals surface area contributed by atoms with Crippen molar-refractivity contribution in [3.8, 4) is 23.3 Å². The first kappa shape index (κ1) is 44.3. The van der Waals surface area contributed by atoms with E-state index in [1.54, 1.807) is 18.2 Å². The van der Waals surface area contributed by atoms with Crippen LogP contribution < -0.4 is 35.1 Å². The number of amides is 4. The number of benzene rings is 3. The monoisotopic (exact) mass is 852 g/mol. The fraction of sp³-hybridized carbons (Fsp3) is 0.511. The summed E-state index contributed by atoms with van der Waals surface area (Å²) in [5.41, 5.74) is 1.04. The molecule has 4 amide bonds. The highest BCUT2D eigenvalue weighted by Gasteiger charge is 2.64. The number of hydrogen-bond donors (Lipinski definition) is 3. The zero-order valence-electron chi connectivity index (χ0n) is 36.5. The van der Waals surface area contributed by atoms with Gasteiger partial charge in [-0.15, -0.1) is 0 Å². The van der Waals surface area contributed by atoms with Gasteiger partial charge in [-0.25, -0.2) is 4.39 Å². The molecular formula is C47H57FN6O8. The Kier molecular flexibility index (Phi) is 12.8. The van der Waals surface area contributed by atoms with Gasteiger partial charge in [0.1, 0.15) is 47.4 Å². The fourth-order valence-electron chi connectivity index (χ4n) is 9.81. The Morgan fingerprint density at radius 2 is 1.68 bits per heavy atom. The molecule has 0 spiro atoms. The van der Waals surface area contributed by atoms with Crippen LogP contribution in [-0.4, -0.2) is 104 Å². The highest BCUT2D eigenvalue weighted by atomic mass is 19.1. The number of nitriles is 1. The summed E-state index contributed by atoms with van der Waals surface area (Å²) in [7, 11) is 1.52. The summed E-state index contributed by atoms with van der Waals surface area (Å²) in [5.74, 6) is -1.20. The molecule has 0 aromatic heterocycles. The van der Waals surface area contributed by atoms with Crippen LogP contribution in [0.4, 0.5) is 10.1 Å². The molecule has 330 valence electrons. The average Bonchev–Trinajstić information content (AvgIpc) is 3.23. The maximum atomic E-state index is 14.7. The zero-order valence-corrected chi connectivity index (χ0v) is 36.5. The highest BCUT2D eigenvalue weighted by molar-refractivity contribution is 6.04. The number of nitrogens with one attached hydrogen (secondary N) is 3. The first-order chi connectivity index (χ1) is 29.5. The molecule has 0 bridgehead atoms. The Labute approximate surface area is 362 Å². The predicted octanol–water partition coefficient (Wildman–Crippen LogP) is 5.38. The van der Waals surface area contributed by atoms with E-state index >= 15 is 0 Å². The molecule has 2 saturated carbocycles. The summed E-state index contributed by atoms with van der Waals surface area (Å²) in [6, 6.07) is 18.5. The van der Waals surface area contributed by atoms with E-state index in [9.17, 15) is 28.8 Å². The Balaban J connectivity index is 0.897. The van der Waals surface area contributed by atoms with Gasteiger partial charge in [-0.05, 0) is 74.9 Å². The Morgan fingerprint density at radius 1 is 0.984 bits per heavy atom. The van der Waals surface area contributed by atoms with E-state index in [1.807, 2.05) is 24.3 Å². The fourth-order valence-corrected chi connectivity index (χ4v) is 9.81. The van der Waals surface area contributed by atoms with Crippen molar-refractivity contribution >= 4 is 29.3 Å². The molecule has 0 radical (unpaired) electrons. The molecule has 15 heteroatoms. The van der Waals surface area contributed by atoms with Crippen LogP contribution in [0.1, 0.15) is 93.5 Å². The van der Waals surface area contributed by atoms with Crippen molar-refractivity contribution in [2.24, 2.45) is 10.8 Å². The molecule has 3 aromatic rings. The number of piperidine rings is 1. The second-order valence-corrected chi connectivity index (χ2v) is 18.3. The lowest BCUT2D eigenvalue weighted by molar-refractivity contribution is -0.164. The maximum Gasteiger partial charge on any atom is 0.255 e. The number of anilines is 1. The van der Waals surface area contributed by atoms with Crippen molar-refractivity contribution < 1.29 is 42.5 Å². The third-order valence-electron chi connectivity index (χ3n) is 12.9. The van der Waals surface area contributed by atoms with Gasteiger partial charge >= 0.3 is 0 Å². The Morgan fingerprint density at radius 3 is 2.34 bits per heavy atom. The van der Waals surface area contributed by atoms with Gasteiger partial charge in [0, 0.05) is 85.2 Å². The summed E-state index contributed by atoms with van der Waals surface area (Å²) in [5, 5.41) is 17.4. The minimum atomic E-state index is -0.915. The van der Waals surface area contributed by atoms with Gasteiger partial charge < -0.3 is 34.5 Å². The van der Waals surface area contributed by atoms with Crippen LogP contribution in [0, 0.1) is 28.0 Å². The van der Waals surface area contributed by atoms with E-state index in [2.05, 4.69) is 73.4 Å². The van der Waals surface area contributed by atoms with Crippen molar-refractivity contribution in [1.82, 2.24) is 20.9 Å². The van der Waals surface area contributed by atoms with E-state index in [1.165, 1.54) is 25.3 Å². The average molecular weight is 853 g/mol. The lowest BCUT2D eigenvalue weighted by atomic mass is 9.49. The molecule has 14 nitrogen and oxygen atoms in total. The molecule has 3 N–H and O–H groups in total. The Hall–Kier alpha value is -5.72. The Bertz CT molecular complexity index is 2200. The van der Waals surface area contributed by atoms with Crippen LogP contribution in [0.2, 0.25) is 0 Å². The van der Waals surface area contributed by atoms with Gasteiger partial charge in [-0.2, -0.15) is 5.26 Å². The molecular weight excluding hydrogens is 796 g/mol. The molecule has 1 unspecified atom stereocenters. The van der Waals surface area contributed by atoms with E-state index in [4.69, 9.17) is 18.9 Å². The van der Waals surface area contributed by atoms with Crippen molar-refractivity contribution in [2.75, 3.05) is 38.3 Å². The van der Waals surface area contributed by atoms with Crippen LogP contribution in [-0.2, 0) is 14.3 Å². The molecule has 2 aliphatic heterocycles. The number of nitrogens with zero attached hydrogens (tertiary/aromatic N) is 3. The van der Waals surface area contributed by atoms with E-state index in [-0.39, 0.29) is 71.6 Å². The van der Waals surface area contributed by atoms with Gasteiger partial charge in [0.2, 0.25) is 11.8 Å². The minimum Gasteiger partial charge on any atom is -0.495 e. The summed E-state index contributed by atoms with van der Waals surface area (Å²) < 4.78 is 39.0. The minimum absolute atomic E-state index is 0.0414. The number of carbonyl (C=O) groups is 4. The number of imide groups is 1. The van der Waals surface area contributed by atoms with Crippen molar-refractivity contribution in [3.05, 3.63) is 83.2 Å². The molecule has 4 fully saturated rings. The van der Waals surface area contributed by atoms with Crippen LogP contribution in [0.3, 0.4) is 0 Å². The maximum absolute atomic E-state index is 14.7. The van der Waals surface area contributed by atoms with Crippen LogP contribution >= 0.6 is 0 Å². The van der Waals surface area contributed by atoms with Gasteiger partial charge in [0.15, 0.2) is 0 Å². The third kappa shape index (κ3) is 9.22. The normalized spacial score (nSPS) is 25.1. The first-order valence-corrected chi connectivity index (χ1v) is 21.4. The number of ether oxygens (including phenoxy) is 4. The molecule has 7 rings (SSSR count). The van der Waals surface area contributed by atoms with Gasteiger partial charge in [-0.1, -0.05) is 27.7 Å². The SMILES string of the molecule is COc1cc(O[C@H]2C(C)(C)[C@H](NC(=O)c3ccc(N4CCOC(CN(C(C)C)[C@H]5C[C@@H](Oc6ccc(F)c(C(=O)N[C@H]7CCC(=O)NC7=O)c6)C5)C4)cc3)C2(C)C)ccc1C#N. The summed E-state index contributed by atoms with van der Waals surface area (Å²) in [6.07, 6.45) is 1.39. The number of methoxy groups -OCH3 is 1. The topological polar surface area (TPSA) is 172 Å². The number of carbonyl (C=O) groups excluding carboxylic acids is 4. The van der Waals surface area contributed by atoms with E-state index in [0.29, 0.717) is 41.5 Å². The number of morpholine rings is 1.